The van der Waals surface area contributed by atoms with Crippen LogP contribution in [0.3, 0.4) is 0 Å². The van der Waals surface area contributed by atoms with Crippen LogP contribution >= 0.6 is 0 Å². The van der Waals surface area contributed by atoms with Crippen molar-refractivity contribution in [3.63, 3.8) is 0 Å². The van der Waals surface area contributed by atoms with Gasteiger partial charge in [0.1, 0.15) is 0 Å². The molecule has 2 aromatic rings. The highest BCUT2D eigenvalue weighted by Crippen LogP contribution is 2.24. The maximum atomic E-state index is 11.3. The lowest BCUT2D eigenvalue weighted by Crippen LogP contribution is -2.41. The van der Waals surface area contributed by atoms with Crippen LogP contribution in [0.5, 0.6) is 0 Å². The Bertz CT molecular complexity index is 785. The largest absolute Gasteiger partial charge is 0.383 e. The standard InChI is InChI=1S/C16H25N3O.C8H12N2O.C2H6/c1-12(20)19-7-5-14(6-8-19)18-15-9-13(10-17-11-15)16(2,3)4;1-11-6-5-10-8-3-2-4-9-7-8;1-2/h9-11,14,18H,5-8H2,1-4H3;2-4,7,10H,5-6H2,1H3;1-2H3. The van der Waals surface area contributed by atoms with Gasteiger partial charge in [0, 0.05) is 64.5 Å². The van der Waals surface area contributed by atoms with Gasteiger partial charge < -0.3 is 20.3 Å². The van der Waals surface area contributed by atoms with Gasteiger partial charge in [0.25, 0.3) is 0 Å². The molecule has 7 heteroatoms. The third kappa shape index (κ3) is 11.1. The fourth-order valence-corrected chi connectivity index (χ4v) is 3.27. The molecule has 0 radical (unpaired) electrons. The van der Waals surface area contributed by atoms with Crippen molar-refractivity contribution in [3.8, 4) is 0 Å². The third-order valence-electron chi connectivity index (χ3n) is 5.21. The highest BCUT2D eigenvalue weighted by atomic mass is 16.5. The summed E-state index contributed by atoms with van der Waals surface area (Å²) in [5.41, 5.74) is 3.47. The van der Waals surface area contributed by atoms with Crippen molar-refractivity contribution in [3.05, 3.63) is 48.5 Å². The molecule has 3 heterocycles. The zero-order chi connectivity index (χ0) is 24.7. The van der Waals surface area contributed by atoms with Gasteiger partial charge in [0.2, 0.25) is 5.91 Å². The SMILES string of the molecule is CC.CC(=O)N1CCC(Nc2cncc(C(C)(C)C)c2)CC1.COCCNc1cccnc1. The summed E-state index contributed by atoms with van der Waals surface area (Å²) in [7, 11) is 1.69. The number of anilines is 2. The molecule has 0 aromatic carbocycles. The van der Waals surface area contributed by atoms with Crippen LogP contribution in [0.2, 0.25) is 0 Å². The van der Waals surface area contributed by atoms with Gasteiger partial charge in [-0.1, -0.05) is 34.6 Å². The van der Waals surface area contributed by atoms with E-state index in [0.29, 0.717) is 6.04 Å². The number of piperidine rings is 1. The Kier molecular flexibility index (Phi) is 13.1. The van der Waals surface area contributed by atoms with E-state index in [0.717, 1.165) is 50.5 Å². The third-order valence-corrected chi connectivity index (χ3v) is 5.21. The predicted octanol–water partition coefficient (Wildman–Crippen LogP) is 4.97. The van der Waals surface area contributed by atoms with Crippen molar-refractivity contribution in [1.29, 1.82) is 0 Å². The summed E-state index contributed by atoms with van der Waals surface area (Å²) < 4.78 is 4.88. The number of likely N-dealkylation sites (tertiary alicyclic amines) is 1. The number of pyridine rings is 2. The van der Waals surface area contributed by atoms with E-state index in [1.807, 2.05) is 43.3 Å². The smallest absolute Gasteiger partial charge is 0.219 e. The summed E-state index contributed by atoms with van der Waals surface area (Å²) in [6, 6.07) is 6.49. The molecule has 0 atom stereocenters. The van der Waals surface area contributed by atoms with Crippen LogP contribution in [0.15, 0.2) is 43.0 Å². The average Bonchev–Trinajstić information content (AvgIpc) is 2.82. The predicted molar refractivity (Wildman–Crippen MR) is 138 cm³/mol. The van der Waals surface area contributed by atoms with Gasteiger partial charge in [-0.05, 0) is 42.0 Å². The van der Waals surface area contributed by atoms with Crippen molar-refractivity contribution in [2.75, 3.05) is 44.0 Å². The summed E-state index contributed by atoms with van der Waals surface area (Å²) in [5.74, 6) is 0.180. The van der Waals surface area contributed by atoms with E-state index in [1.54, 1.807) is 26.4 Å². The van der Waals surface area contributed by atoms with Crippen molar-refractivity contribution >= 4 is 17.3 Å². The van der Waals surface area contributed by atoms with E-state index < -0.39 is 0 Å². The fourth-order valence-electron chi connectivity index (χ4n) is 3.27. The van der Waals surface area contributed by atoms with Gasteiger partial charge >= 0.3 is 0 Å². The van der Waals surface area contributed by atoms with E-state index >= 15 is 0 Å². The van der Waals surface area contributed by atoms with Crippen LogP contribution in [-0.4, -0.2) is 60.2 Å². The molecule has 1 aliphatic heterocycles. The molecule has 1 saturated heterocycles. The molecule has 0 aliphatic carbocycles. The van der Waals surface area contributed by atoms with E-state index in [9.17, 15) is 4.79 Å². The molecule has 184 valence electrons. The molecular formula is C26H43N5O2. The first-order chi connectivity index (χ1) is 15.8. The number of carbonyl (C=O) groups is 1. The van der Waals surface area contributed by atoms with Crippen molar-refractivity contribution in [2.24, 2.45) is 0 Å². The topological polar surface area (TPSA) is 79.4 Å². The molecular weight excluding hydrogens is 414 g/mol. The van der Waals surface area contributed by atoms with E-state index in [-0.39, 0.29) is 11.3 Å². The molecule has 2 N–H and O–H groups in total. The van der Waals surface area contributed by atoms with E-state index in [1.165, 1.54) is 5.56 Å². The van der Waals surface area contributed by atoms with Gasteiger partial charge in [0.15, 0.2) is 0 Å². The number of ether oxygens (including phenoxy) is 1. The van der Waals surface area contributed by atoms with Gasteiger partial charge in [-0.2, -0.15) is 0 Å². The Morgan fingerprint density at radius 2 is 1.79 bits per heavy atom. The summed E-state index contributed by atoms with van der Waals surface area (Å²) in [4.78, 5) is 21.5. The molecule has 1 aliphatic rings. The second kappa shape index (κ2) is 15.2. The summed E-state index contributed by atoms with van der Waals surface area (Å²) in [6.07, 6.45) is 9.35. The van der Waals surface area contributed by atoms with Crippen LogP contribution in [0, 0.1) is 0 Å². The van der Waals surface area contributed by atoms with Crippen molar-refractivity contribution in [1.82, 2.24) is 14.9 Å². The van der Waals surface area contributed by atoms with Crippen LogP contribution in [0.25, 0.3) is 0 Å². The van der Waals surface area contributed by atoms with Crippen LogP contribution < -0.4 is 10.6 Å². The Morgan fingerprint density at radius 3 is 2.33 bits per heavy atom. The summed E-state index contributed by atoms with van der Waals surface area (Å²) >= 11 is 0. The zero-order valence-corrected chi connectivity index (χ0v) is 21.5. The second-order valence-electron chi connectivity index (χ2n) is 8.80. The first kappa shape index (κ1) is 28.4. The number of nitrogens with zero attached hydrogens (tertiary/aromatic N) is 3. The highest BCUT2D eigenvalue weighted by molar-refractivity contribution is 5.73. The Labute approximate surface area is 200 Å². The molecule has 0 unspecified atom stereocenters. The molecule has 0 saturated carbocycles. The maximum Gasteiger partial charge on any atom is 0.219 e. The lowest BCUT2D eigenvalue weighted by atomic mass is 9.88. The van der Waals surface area contributed by atoms with Gasteiger partial charge in [-0.15, -0.1) is 0 Å². The molecule has 2 aromatic heterocycles. The van der Waals surface area contributed by atoms with Gasteiger partial charge in [-0.3, -0.25) is 14.8 Å². The minimum Gasteiger partial charge on any atom is -0.383 e. The molecule has 1 fully saturated rings. The number of aromatic nitrogens is 2. The maximum absolute atomic E-state index is 11.3. The van der Waals surface area contributed by atoms with Crippen molar-refractivity contribution in [2.45, 2.75) is 65.8 Å². The molecule has 1 amide bonds. The number of methoxy groups -OCH3 is 1. The second-order valence-corrected chi connectivity index (χ2v) is 8.80. The quantitative estimate of drug-likeness (QED) is 0.597. The molecule has 0 bridgehead atoms. The van der Waals surface area contributed by atoms with E-state index in [4.69, 9.17) is 4.74 Å². The molecule has 0 spiro atoms. The lowest BCUT2D eigenvalue weighted by Gasteiger charge is -2.32. The number of carbonyl (C=O) groups excluding carboxylic acids is 1. The average molecular weight is 458 g/mol. The number of nitrogens with one attached hydrogen (secondary N) is 2. The molecule has 33 heavy (non-hydrogen) atoms. The number of hydrogen-bond acceptors (Lipinski definition) is 6. The van der Waals surface area contributed by atoms with Crippen LogP contribution in [0.1, 0.15) is 59.9 Å². The first-order valence-corrected chi connectivity index (χ1v) is 11.9. The normalized spacial score (nSPS) is 13.7. The van der Waals surface area contributed by atoms with Gasteiger partial charge in [-0.25, -0.2) is 0 Å². The van der Waals surface area contributed by atoms with E-state index in [2.05, 4.69) is 47.4 Å². The Morgan fingerprint density at radius 1 is 1.12 bits per heavy atom. The number of amides is 1. The van der Waals surface area contributed by atoms with Crippen LogP contribution in [-0.2, 0) is 14.9 Å². The zero-order valence-electron chi connectivity index (χ0n) is 21.5. The first-order valence-electron chi connectivity index (χ1n) is 11.9. The summed E-state index contributed by atoms with van der Waals surface area (Å²) in [6.45, 7) is 15.5. The number of hydrogen-bond donors (Lipinski definition) is 2. The highest BCUT2D eigenvalue weighted by Gasteiger charge is 2.21. The minimum atomic E-state index is 0.114. The van der Waals surface area contributed by atoms with Gasteiger partial charge in [0.05, 0.1) is 18.0 Å². The van der Waals surface area contributed by atoms with Crippen LogP contribution in [0.4, 0.5) is 11.4 Å². The fraction of sp³-hybridized carbons (Fsp3) is 0.577. The summed E-state index contributed by atoms with van der Waals surface area (Å²) in [5, 5.41) is 6.71. The molecule has 3 rings (SSSR count). The lowest BCUT2D eigenvalue weighted by molar-refractivity contribution is -0.129. The number of rotatable bonds is 6. The minimum absolute atomic E-state index is 0.114. The monoisotopic (exact) mass is 457 g/mol. The Balaban J connectivity index is 0.000000354. The molecule has 7 nitrogen and oxygen atoms in total. The van der Waals surface area contributed by atoms with Crippen molar-refractivity contribution < 1.29 is 9.53 Å². The Hall–Kier alpha value is -2.67.